The summed E-state index contributed by atoms with van der Waals surface area (Å²) in [6.45, 7) is 0. The zero-order valence-electron chi connectivity index (χ0n) is 18.8. The van der Waals surface area contributed by atoms with Gasteiger partial charge in [-0.05, 0) is 25.7 Å². The fourth-order valence-electron chi connectivity index (χ4n) is 3.86. The molecule has 0 rings (SSSR count). The lowest BCUT2D eigenvalue weighted by Gasteiger charge is -2.11. The van der Waals surface area contributed by atoms with Gasteiger partial charge in [-0.25, -0.2) is 0 Å². The van der Waals surface area contributed by atoms with Crippen LogP contribution in [0.5, 0.6) is 0 Å². The minimum atomic E-state index is -0.857. The molecule has 0 aromatic rings. The van der Waals surface area contributed by atoms with E-state index < -0.39 is 23.8 Å². The normalized spacial score (nSPS) is 12.0. The molecule has 0 heterocycles. The molecule has 0 aromatic heterocycles. The summed E-state index contributed by atoms with van der Waals surface area (Å²) < 4.78 is 0. The average Bonchev–Trinajstić information content (AvgIpc) is 2.68. The molecule has 1 unspecified atom stereocenters. The molecule has 30 heavy (non-hydrogen) atoms. The maximum Gasteiger partial charge on any atom is 0.306 e. The smallest absolute Gasteiger partial charge is 0.306 e. The van der Waals surface area contributed by atoms with E-state index in [1.54, 1.807) is 0 Å². The fourth-order valence-corrected chi connectivity index (χ4v) is 3.86. The van der Waals surface area contributed by atoms with E-state index >= 15 is 0 Å². The van der Waals surface area contributed by atoms with Crippen molar-refractivity contribution in [3.8, 4) is 0 Å². The van der Waals surface area contributed by atoms with E-state index in [0.717, 1.165) is 38.5 Å². The van der Waals surface area contributed by atoms with Crippen LogP contribution in [0.25, 0.3) is 0 Å². The van der Waals surface area contributed by atoms with Gasteiger partial charge in [0.05, 0.1) is 5.92 Å². The first-order chi connectivity index (χ1) is 14.4. The zero-order chi connectivity index (χ0) is 22.5. The Morgan fingerprint density at radius 3 is 1.10 bits per heavy atom. The largest absolute Gasteiger partial charge is 0.481 e. The van der Waals surface area contributed by atoms with Crippen LogP contribution in [-0.4, -0.2) is 33.2 Å². The number of rotatable bonds is 23. The van der Waals surface area contributed by atoms with Crippen molar-refractivity contribution in [2.45, 2.75) is 128 Å². The summed E-state index contributed by atoms with van der Waals surface area (Å²) in [5, 5.41) is 26.4. The first kappa shape index (κ1) is 28.4. The highest BCUT2D eigenvalue weighted by Crippen LogP contribution is 2.19. The average molecular weight is 429 g/mol. The van der Waals surface area contributed by atoms with E-state index in [0.29, 0.717) is 25.7 Å². The maximum atomic E-state index is 11.2. The molecule has 0 spiro atoms. The molecule has 0 fully saturated rings. The Balaban J connectivity index is 3.32. The van der Waals surface area contributed by atoms with Gasteiger partial charge in [0.1, 0.15) is 0 Å². The molecule has 0 radical (unpaired) electrons. The number of hydrogen-bond acceptors (Lipinski definition) is 3. The summed E-state index contributed by atoms with van der Waals surface area (Å²) in [6.07, 6.45) is 19.5. The Labute approximate surface area is 182 Å². The molecule has 6 nitrogen and oxygen atoms in total. The van der Waals surface area contributed by atoms with Gasteiger partial charge >= 0.3 is 17.9 Å². The van der Waals surface area contributed by atoms with Gasteiger partial charge in [-0.15, -0.1) is 0 Å². The number of carboxylic acid groups (broad SMARTS) is 3. The third kappa shape index (κ3) is 21.1. The van der Waals surface area contributed by atoms with Crippen LogP contribution < -0.4 is 0 Å². The van der Waals surface area contributed by atoms with Crippen LogP contribution in [-0.2, 0) is 14.4 Å². The summed E-state index contributed by atoms with van der Waals surface area (Å²) in [7, 11) is 0. The minimum Gasteiger partial charge on any atom is -0.481 e. The van der Waals surface area contributed by atoms with Crippen molar-refractivity contribution in [2.24, 2.45) is 5.92 Å². The first-order valence-corrected chi connectivity index (χ1v) is 12.1. The standard InChI is InChI=1S/C24H44O6/c25-22(26)19-15-13-11-9-7-5-3-1-2-4-6-8-10-12-14-17-21(24(29)30)18-16-20-23(27)28/h21H,1-20H2,(H,25,26)(H,27,28)(H,29,30). The molecule has 6 heteroatoms. The molecular weight excluding hydrogens is 384 g/mol. The van der Waals surface area contributed by atoms with E-state index in [2.05, 4.69) is 0 Å². The van der Waals surface area contributed by atoms with Crippen molar-refractivity contribution in [1.29, 1.82) is 0 Å². The van der Waals surface area contributed by atoms with Crippen LogP contribution >= 0.6 is 0 Å². The van der Waals surface area contributed by atoms with Crippen LogP contribution in [0.15, 0.2) is 0 Å². The topological polar surface area (TPSA) is 112 Å². The third-order valence-electron chi connectivity index (χ3n) is 5.74. The Morgan fingerprint density at radius 2 is 0.733 bits per heavy atom. The molecule has 0 amide bonds. The molecule has 0 saturated carbocycles. The SMILES string of the molecule is O=C(O)CCCCCCCCCCCCCCCCCC(CCCC(=O)O)C(=O)O. The van der Waals surface area contributed by atoms with Gasteiger partial charge < -0.3 is 15.3 Å². The summed E-state index contributed by atoms with van der Waals surface area (Å²) in [5.41, 5.74) is 0. The number of carbonyl (C=O) groups is 3. The molecule has 0 aliphatic heterocycles. The van der Waals surface area contributed by atoms with Crippen LogP contribution in [0.1, 0.15) is 128 Å². The van der Waals surface area contributed by atoms with Gasteiger partial charge in [-0.3, -0.25) is 14.4 Å². The van der Waals surface area contributed by atoms with Crippen LogP contribution in [0.4, 0.5) is 0 Å². The predicted octanol–water partition coefficient (Wildman–Crippen LogP) is 6.66. The van der Waals surface area contributed by atoms with E-state index in [4.69, 9.17) is 10.2 Å². The molecule has 3 N–H and O–H groups in total. The van der Waals surface area contributed by atoms with Gasteiger partial charge in [0, 0.05) is 12.8 Å². The van der Waals surface area contributed by atoms with E-state index in [-0.39, 0.29) is 6.42 Å². The van der Waals surface area contributed by atoms with Crippen molar-refractivity contribution in [3.05, 3.63) is 0 Å². The van der Waals surface area contributed by atoms with Crippen LogP contribution in [0.2, 0.25) is 0 Å². The molecule has 0 saturated heterocycles. The summed E-state index contributed by atoms with van der Waals surface area (Å²) in [4.78, 5) is 32.2. The Bertz CT molecular complexity index is 449. The minimum absolute atomic E-state index is 0.0539. The number of carboxylic acids is 3. The molecular formula is C24H44O6. The molecule has 0 aliphatic carbocycles. The third-order valence-corrected chi connectivity index (χ3v) is 5.74. The second-order valence-corrected chi connectivity index (χ2v) is 8.56. The molecule has 176 valence electrons. The summed E-state index contributed by atoms with van der Waals surface area (Å²) in [5.74, 6) is -2.73. The quantitative estimate of drug-likeness (QED) is 0.157. The van der Waals surface area contributed by atoms with E-state index in [1.807, 2.05) is 0 Å². The Morgan fingerprint density at radius 1 is 0.433 bits per heavy atom. The monoisotopic (exact) mass is 428 g/mol. The number of aliphatic carboxylic acids is 3. The van der Waals surface area contributed by atoms with Crippen molar-refractivity contribution >= 4 is 17.9 Å². The second kappa shape index (κ2) is 20.7. The summed E-state index contributed by atoms with van der Waals surface area (Å²) >= 11 is 0. The lowest BCUT2D eigenvalue weighted by atomic mass is 9.95. The summed E-state index contributed by atoms with van der Waals surface area (Å²) in [6, 6.07) is 0. The molecule has 1 atom stereocenters. The number of unbranched alkanes of at least 4 members (excludes halogenated alkanes) is 14. The van der Waals surface area contributed by atoms with Crippen molar-refractivity contribution in [3.63, 3.8) is 0 Å². The van der Waals surface area contributed by atoms with Gasteiger partial charge in [0.2, 0.25) is 0 Å². The van der Waals surface area contributed by atoms with Gasteiger partial charge in [0.25, 0.3) is 0 Å². The van der Waals surface area contributed by atoms with Gasteiger partial charge in [-0.1, -0.05) is 89.9 Å². The second-order valence-electron chi connectivity index (χ2n) is 8.56. The van der Waals surface area contributed by atoms with E-state index in [9.17, 15) is 19.5 Å². The van der Waals surface area contributed by atoms with Crippen molar-refractivity contribution in [1.82, 2.24) is 0 Å². The van der Waals surface area contributed by atoms with Crippen LogP contribution in [0, 0.1) is 5.92 Å². The highest BCUT2D eigenvalue weighted by atomic mass is 16.4. The zero-order valence-corrected chi connectivity index (χ0v) is 18.8. The molecule has 0 aliphatic rings. The highest BCUT2D eigenvalue weighted by Gasteiger charge is 2.16. The lowest BCUT2D eigenvalue weighted by Crippen LogP contribution is -2.14. The van der Waals surface area contributed by atoms with Crippen molar-refractivity contribution < 1.29 is 29.7 Å². The molecule has 0 bridgehead atoms. The lowest BCUT2D eigenvalue weighted by molar-refractivity contribution is -0.143. The number of hydrogen-bond donors (Lipinski definition) is 3. The van der Waals surface area contributed by atoms with Gasteiger partial charge in [0.15, 0.2) is 0 Å². The maximum absolute atomic E-state index is 11.2. The molecule has 0 aromatic carbocycles. The Kier molecular flexibility index (Phi) is 19.6. The Hall–Kier alpha value is -1.59. The fraction of sp³-hybridized carbons (Fsp3) is 0.875. The van der Waals surface area contributed by atoms with Crippen molar-refractivity contribution in [2.75, 3.05) is 0 Å². The first-order valence-electron chi connectivity index (χ1n) is 12.1. The van der Waals surface area contributed by atoms with E-state index in [1.165, 1.54) is 57.8 Å². The van der Waals surface area contributed by atoms with Crippen LogP contribution in [0.3, 0.4) is 0 Å². The predicted molar refractivity (Wildman–Crippen MR) is 119 cm³/mol. The highest BCUT2D eigenvalue weighted by molar-refractivity contribution is 5.70. The van der Waals surface area contributed by atoms with Gasteiger partial charge in [-0.2, -0.15) is 0 Å².